The maximum absolute atomic E-state index is 11.0. The summed E-state index contributed by atoms with van der Waals surface area (Å²) in [5.74, 6) is 0.263. The number of aryl methyl sites for hydroxylation is 1. The number of nitrogens with zero attached hydrogens (tertiary/aromatic N) is 2. The van der Waals surface area contributed by atoms with E-state index in [0.29, 0.717) is 5.92 Å². The molecule has 4 heteroatoms. The average Bonchev–Trinajstić information content (AvgIpc) is 2.97. The highest BCUT2D eigenvalue weighted by Crippen LogP contribution is 2.31. The highest BCUT2D eigenvalue weighted by atomic mass is 16.4. The largest absolute Gasteiger partial charge is 0.477 e. The molecule has 2 aromatic rings. The van der Waals surface area contributed by atoms with Gasteiger partial charge >= 0.3 is 5.97 Å². The smallest absolute Gasteiger partial charge is 0.354 e. The van der Waals surface area contributed by atoms with Gasteiger partial charge in [-0.3, -0.25) is 0 Å². The standard InChI is InChI=1S/C17H18N2O2/c1-12-5-2-3-6-14(12)13-9-10-19(11-13)16-8-4-7-15(18-16)17(20)21/h2-8,13H,9-11H2,1H3,(H,20,21). The van der Waals surface area contributed by atoms with Crippen molar-refractivity contribution in [3.63, 3.8) is 0 Å². The molecule has 1 aliphatic rings. The lowest BCUT2D eigenvalue weighted by molar-refractivity contribution is 0.0690. The number of carbonyl (C=O) groups is 1. The van der Waals surface area contributed by atoms with Gasteiger partial charge in [0, 0.05) is 19.0 Å². The Hall–Kier alpha value is -2.36. The highest BCUT2D eigenvalue weighted by molar-refractivity contribution is 5.85. The third-order valence-electron chi connectivity index (χ3n) is 4.09. The summed E-state index contributed by atoms with van der Waals surface area (Å²) < 4.78 is 0. The SMILES string of the molecule is Cc1ccccc1C1CCN(c2cccc(C(=O)O)n2)C1. The first-order valence-corrected chi connectivity index (χ1v) is 7.16. The van der Waals surface area contributed by atoms with E-state index in [9.17, 15) is 4.79 Å². The number of carboxylic acids is 1. The van der Waals surface area contributed by atoms with Crippen LogP contribution in [0.4, 0.5) is 5.82 Å². The van der Waals surface area contributed by atoms with Crippen LogP contribution in [0.25, 0.3) is 0 Å². The molecule has 3 rings (SSSR count). The molecule has 0 radical (unpaired) electrons. The summed E-state index contributed by atoms with van der Waals surface area (Å²) >= 11 is 0. The van der Waals surface area contributed by atoms with E-state index in [2.05, 4.69) is 41.1 Å². The molecule has 1 fully saturated rings. The Morgan fingerprint density at radius 3 is 2.81 bits per heavy atom. The second kappa shape index (κ2) is 5.56. The van der Waals surface area contributed by atoms with E-state index in [1.807, 2.05) is 6.07 Å². The van der Waals surface area contributed by atoms with Crippen molar-refractivity contribution in [3.8, 4) is 0 Å². The van der Waals surface area contributed by atoms with Crippen molar-refractivity contribution >= 4 is 11.8 Å². The number of aromatic carboxylic acids is 1. The molecule has 1 saturated heterocycles. The second-order valence-electron chi connectivity index (χ2n) is 5.47. The van der Waals surface area contributed by atoms with Crippen LogP contribution in [0, 0.1) is 6.92 Å². The van der Waals surface area contributed by atoms with Gasteiger partial charge in [-0.05, 0) is 36.6 Å². The molecule has 21 heavy (non-hydrogen) atoms. The van der Waals surface area contributed by atoms with Gasteiger partial charge in [0.2, 0.25) is 0 Å². The van der Waals surface area contributed by atoms with Crippen LogP contribution >= 0.6 is 0 Å². The molecule has 0 amide bonds. The first-order chi connectivity index (χ1) is 10.1. The number of anilines is 1. The number of hydrogen-bond acceptors (Lipinski definition) is 3. The van der Waals surface area contributed by atoms with Crippen LogP contribution in [0.2, 0.25) is 0 Å². The molecule has 1 aromatic heterocycles. The van der Waals surface area contributed by atoms with E-state index >= 15 is 0 Å². The normalized spacial score (nSPS) is 18.0. The number of rotatable bonds is 3. The lowest BCUT2D eigenvalue weighted by Crippen LogP contribution is -2.21. The molecule has 0 saturated carbocycles. The average molecular weight is 282 g/mol. The number of benzene rings is 1. The Labute approximate surface area is 124 Å². The van der Waals surface area contributed by atoms with E-state index < -0.39 is 5.97 Å². The van der Waals surface area contributed by atoms with Gasteiger partial charge in [0.15, 0.2) is 5.69 Å². The number of carboxylic acid groups (broad SMARTS) is 1. The lowest BCUT2D eigenvalue weighted by Gasteiger charge is -2.18. The molecule has 1 N–H and O–H groups in total. The van der Waals surface area contributed by atoms with Crippen LogP contribution < -0.4 is 4.90 Å². The zero-order valence-corrected chi connectivity index (χ0v) is 12.0. The monoisotopic (exact) mass is 282 g/mol. The minimum Gasteiger partial charge on any atom is -0.477 e. The predicted molar refractivity (Wildman–Crippen MR) is 81.9 cm³/mol. The molecule has 0 spiro atoms. The molecule has 1 aliphatic heterocycles. The fourth-order valence-corrected chi connectivity index (χ4v) is 2.99. The van der Waals surface area contributed by atoms with Crippen LogP contribution in [-0.2, 0) is 0 Å². The highest BCUT2D eigenvalue weighted by Gasteiger charge is 2.26. The fraction of sp³-hybridized carbons (Fsp3) is 0.294. The third-order valence-corrected chi connectivity index (χ3v) is 4.09. The molecule has 0 bridgehead atoms. The van der Waals surface area contributed by atoms with Crippen molar-refractivity contribution in [1.82, 2.24) is 4.98 Å². The first kappa shape index (κ1) is 13.6. The number of pyridine rings is 1. The third kappa shape index (κ3) is 2.75. The van der Waals surface area contributed by atoms with E-state index in [1.54, 1.807) is 6.07 Å². The van der Waals surface area contributed by atoms with Gasteiger partial charge in [-0.25, -0.2) is 9.78 Å². The minimum absolute atomic E-state index is 0.104. The summed E-state index contributed by atoms with van der Waals surface area (Å²) in [5.41, 5.74) is 2.80. The van der Waals surface area contributed by atoms with Gasteiger partial charge in [-0.1, -0.05) is 30.3 Å². The van der Waals surface area contributed by atoms with E-state index in [-0.39, 0.29) is 5.69 Å². The van der Waals surface area contributed by atoms with Gasteiger partial charge in [0.05, 0.1) is 0 Å². The summed E-state index contributed by atoms with van der Waals surface area (Å²) in [6, 6.07) is 13.6. The summed E-state index contributed by atoms with van der Waals surface area (Å²) in [5, 5.41) is 9.04. The predicted octanol–water partition coefficient (Wildman–Crippen LogP) is 3.08. The van der Waals surface area contributed by atoms with E-state index in [1.165, 1.54) is 17.2 Å². The van der Waals surface area contributed by atoms with E-state index in [4.69, 9.17) is 5.11 Å². The van der Waals surface area contributed by atoms with Crippen molar-refractivity contribution in [2.24, 2.45) is 0 Å². The molecular weight excluding hydrogens is 264 g/mol. The topological polar surface area (TPSA) is 53.4 Å². The molecule has 1 unspecified atom stereocenters. The summed E-state index contributed by atoms with van der Waals surface area (Å²) in [4.78, 5) is 17.4. The van der Waals surface area contributed by atoms with Crippen molar-refractivity contribution in [3.05, 3.63) is 59.3 Å². The van der Waals surface area contributed by atoms with Crippen LogP contribution in [0.15, 0.2) is 42.5 Å². The van der Waals surface area contributed by atoms with Crippen LogP contribution in [0.3, 0.4) is 0 Å². The van der Waals surface area contributed by atoms with Crippen molar-refractivity contribution < 1.29 is 9.90 Å². The Morgan fingerprint density at radius 1 is 1.24 bits per heavy atom. The van der Waals surface area contributed by atoms with Gasteiger partial charge < -0.3 is 10.0 Å². The van der Waals surface area contributed by atoms with Gasteiger partial charge in [-0.15, -0.1) is 0 Å². The van der Waals surface area contributed by atoms with Gasteiger partial charge in [0.1, 0.15) is 5.82 Å². The Kier molecular flexibility index (Phi) is 3.60. The molecular formula is C17H18N2O2. The van der Waals surface area contributed by atoms with Crippen LogP contribution in [0.1, 0.15) is 34.0 Å². The number of hydrogen-bond donors (Lipinski definition) is 1. The summed E-state index contributed by atoms with van der Waals surface area (Å²) in [6.45, 7) is 3.94. The Balaban J connectivity index is 1.80. The molecule has 2 heterocycles. The molecule has 4 nitrogen and oxygen atoms in total. The molecule has 1 atom stereocenters. The molecule has 108 valence electrons. The molecule has 0 aliphatic carbocycles. The van der Waals surface area contributed by atoms with Crippen molar-refractivity contribution in [1.29, 1.82) is 0 Å². The zero-order chi connectivity index (χ0) is 14.8. The second-order valence-corrected chi connectivity index (χ2v) is 5.47. The van der Waals surface area contributed by atoms with Crippen LogP contribution in [0.5, 0.6) is 0 Å². The maximum atomic E-state index is 11.0. The zero-order valence-electron chi connectivity index (χ0n) is 12.0. The van der Waals surface area contributed by atoms with Crippen LogP contribution in [-0.4, -0.2) is 29.1 Å². The maximum Gasteiger partial charge on any atom is 0.354 e. The van der Waals surface area contributed by atoms with E-state index in [0.717, 1.165) is 25.3 Å². The Morgan fingerprint density at radius 2 is 2.05 bits per heavy atom. The van der Waals surface area contributed by atoms with Crippen molar-refractivity contribution in [2.45, 2.75) is 19.3 Å². The summed E-state index contributed by atoms with van der Waals surface area (Å²) in [6.07, 6.45) is 1.07. The van der Waals surface area contributed by atoms with Gasteiger partial charge in [-0.2, -0.15) is 0 Å². The lowest BCUT2D eigenvalue weighted by atomic mass is 9.94. The minimum atomic E-state index is -0.980. The Bertz CT molecular complexity index is 669. The van der Waals surface area contributed by atoms with Crippen molar-refractivity contribution in [2.75, 3.05) is 18.0 Å². The quantitative estimate of drug-likeness (QED) is 0.940. The van der Waals surface area contributed by atoms with Gasteiger partial charge in [0.25, 0.3) is 0 Å². The summed E-state index contributed by atoms with van der Waals surface area (Å²) in [7, 11) is 0. The molecule has 1 aromatic carbocycles. The fourth-order valence-electron chi connectivity index (χ4n) is 2.99. The first-order valence-electron chi connectivity index (χ1n) is 7.16. The number of aromatic nitrogens is 1.